The van der Waals surface area contributed by atoms with Crippen molar-refractivity contribution < 1.29 is 4.42 Å². The van der Waals surface area contributed by atoms with Gasteiger partial charge in [-0.3, -0.25) is 5.43 Å². The number of nitrogens with zero attached hydrogens (tertiary/aromatic N) is 2. The fourth-order valence-corrected chi connectivity index (χ4v) is 1.74. The van der Waals surface area contributed by atoms with Gasteiger partial charge in [0, 0.05) is 0 Å². The third-order valence-electron chi connectivity index (χ3n) is 2.01. The first-order valence-electron chi connectivity index (χ1n) is 4.93. The maximum atomic E-state index is 5.92. The summed E-state index contributed by atoms with van der Waals surface area (Å²) in [4.78, 5) is 3.95. The third kappa shape index (κ3) is 3.16. The second kappa shape index (κ2) is 5.61. The van der Waals surface area contributed by atoms with Crippen molar-refractivity contribution >= 4 is 46.8 Å². The minimum atomic E-state index is 0.160. The number of anilines is 1. The van der Waals surface area contributed by atoms with Crippen molar-refractivity contribution in [3.63, 3.8) is 0 Å². The molecule has 0 atom stereocenters. The van der Waals surface area contributed by atoms with Gasteiger partial charge in [0.05, 0.1) is 16.3 Å². The second-order valence-corrected chi connectivity index (χ2v) is 4.58. The summed E-state index contributed by atoms with van der Waals surface area (Å²) in [6, 6.07) is 5.13. The molecule has 94 valence electrons. The summed E-state index contributed by atoms with van der Waals surface area (Å²) in [6.45, 7) is 1.85. The molecule has 0 saturated carbocycles. The number of halogens is 3. The molecule has 2 heterocycles. The lowest BCUT2D eigenvalue weighted by Gasteiger charge is -2.03. The number of hydrogen-bond acceptors (Lipinski definition) is 4. The normalized spacial score (nSPS) is 11.1. The summed E-state index contributed by atoms with van der Waals surface area (Å²) in [5.41, 5.74) is 2.66. The van der Waals surface area contributed by atoms with Crippen LogP contribution < -0.4 is 5.43 Å². The Hall–Kier alpha value is -1.23. The number of hydrazone groups is 1. The second-order valence-electron chi connectivity index (χ2n) is 3.41. The first-order chi connectivity index (χ1) is 8.56. The summed E-state index contributed by atoms with van der Waals surface area (Å²) in [5.74, 6) is 1.75. The molecule has 7 heteroatoms. The Morgan fingerprint density at radius 3 is 2.72 bits per heavy atom. The molecule has 0 fully saturated rings. The Balaban J connectivity index is 2.11. The molecule has 1 N–H and O–H groups in total. The predicted octanol–water partition coefficient (Wildman–Crippen LogP) is 4.39. The molecule has 0 bridgehead atoms. The van der Waals surface area contributed by atoms with Gasteiger partial charge in [-0.15, -0.1) is 0 Å². The lowest BCUT2D eigenvalue weighted by atomic mass is 10.4. The van der Waals surface area contributed by atoms with Crippen LogP contribution in [0.15, 0.2) is 27.7 Å². The van der Waals surface area contributed by atoms with Gasteiger partial charge in [0.25, 0.3) is 0 Å². The first-order valence-corrected chi connectivity index (χ1v) is 6.06. The Bertz CT molecular complexity index is 595. The van der Waals surface area contributed by atoms with Gasteiger partial charge in [-0.1, -0.05) is 34.8 Å². The molecular weight excluding hydrogens is 296 g/mol. The molecule has 0 amide bonds. The zero-order valence-corrected chi connectivity index (χ0v) is 11.5. The average molecular weight is 305 g/mol. The van der Waals surface area contributed by atoms with Gasteiger partial charge in [0.15, 0.2) is 5.82 Å². The number of furan rings is 1. The van der Waals surface area contributed by atoms with E-state index in [2.05, 4.69) is 15.5 Å². The number of rotatable bonds is 3. The summed E-state index contributed by atoms with van der Waals surface area (Å²) in [6.07, 6.45) is 1.51. The fraction of sp³-hybridized carbons (Fsp3) is 0.0909. The molecule has 4 nitrogen and oxygen atoms in total. The quantitative estimate of drug-likeness (QED) is 0.520. The molecular formula is C11H8Cl3N3O. The van der Waals surface area contributed by atoms with Crippen LogP contribution in [0.25, 0.3) is 0 Å². The molecule has 2 aromatic heterocycles. The zero-order valence-electron chi connectivity index (χ0n) is 9.25. The molecule has 0 aromatic carbocycles. The molecule has 0 unspecified atom stereocenters. The number of hydrogen-bond donors (Lipinski definition) is 1. The number of aromatic nitrogens is 1. The van der Waals surface area contributed by atoms with Gasteiger partial charge in [0.1, 0.15) is 16.7 Å². The molecule has 18 heavy (non-hydrogen) atoms. The molecule has 0 aliphatic carbocycles. The number of pyridine rings is 1. The van der Waals surface area contributed by atoms with Crippen LogP contribution in [0.5, 0.6) is 0 Å². The van der Waals surface area contributed by atoms with Gasteiger partial charge in [-0.25, -0.2) is 4.98 Å². The maximum Gasteiger partial charge on any atom is 0.166 e. The van der Waals surface area contributed by atoms with E-state index in [-0.39, 0.29) is 10.2 Å². The summed E-state index contributed by atoms with van der Waals surface area (Å²) in [7, 11) is 0. The van der Waals surface area contributed by atoms with Gasteiger partial charge in [0.2, 0.25) is 0 Å². The molecule has 0 radical (unpaired) electrons. The Morgan fingerprint density at radius 1 is 1.28 bits per heavy atom. The molecule has 0 saturated heterocycles. The van der Waals surface area contributed by atoms with Crippen LogP contribution >= 0.6 is 34.8 Å². The minimum absolute atomic E-state index is 0.160. The van der Waals surface area contributed by atoms with E-state index in [9.17, 15) is 0 Å². The minimum Gasteiger partial charge on any atom is -0.460 e. The summed E-state index contributed by atoms with van der Waals surface area (Å²) >= 11 is 17.5. The van der Waals surface area contributed by atoms with E-state index >= 15 is 0 Å². The highest BCUT2D eigenvalue weighted by atomic mass is 35.5. The highest BCUT2D eigenvalue weighted by molar-refractivity contribution is 6.42. The van der Waals surface area contributed by atoms with Gasteiger partial charge >= 0.3 is 0 Å². The van der Waals surface area contributed by atoms with Crippen molar-refractivity contribution in [2.75, 3.05) is 5.43 Å². The van der Waals surface area contributed by atoms with Gasteiger partial charge < -0.3 is 4.42 Å². The Kier molecular flexibility index (Phi) is 4.11. The molecule has 0 aliphatic rings. The van der Waals surface area contributed by atoms with E-state index in [1.54, 1.807) is 6.07 Å². The predicted molar refractivity (Wildman–Crippen MR) is 73.9 cm³/mol. The first kappa shape index (κ1) is 13.2. The van der Waals surface area contributed by atoms with Crippen LogP contribution in [0.3, 0.4) is 0 Å². The molecule has 2 aromatic rings. The summed E-state index contributed by atoms with van der Waals surface area (Å²) in [5, 5.41) is 4.72. The highest BCUT2D eigenvalue weighted by Gasteiger charge is 2.06. The Labute approximate surface area is 119 Å². The fourth-order valence-electron chi connectivity index (χ4n) is 1.20. The number of aryl methyl sites for hydroxylation is 1. The molecule has 0 aliphatic heterocycles. The van der Waals surface area contributed by atoms with Crippen molar-refractivity contribution in [1.29, 1.82) is 0 Å². The van der Waals surface area contributed by atoms with Crippen molar-refractivity contribution in [3.05, 3.63) is 44.9 Å². The van der Waals surface area contributed by atoms with Crippen LogP contribution in [0.1, 0.15) is 11.5 Å². The van der Waals surface area contributed by atoms with E-state index in [1.807, 2.05) is 13.0 Å². The standard InChI is InChI=1S/C11H8Cl3N3O/c1-6-2-3-7(18-6)5-15-17-11-9(13)4-8(12)10(14)16-11/h2-5H,1H3,(H,16,17)/b15-5-. The topological polar surface area (TPSA) is 50.4 Å². The van der Waals surface area contributed by atoms with Crippen molar-refractivity contribution in [3.8, 4) is 0 Å². The van der Waals surface area contributed by atoms with E-state index in [0.29, 0.717) is 16.6 Å². The van der Waals surface area contributed by atoms with Crippen LogP contribution in [0.2, 0.25) is 15.2 Å². The zero-order chi connectivity index (χ0) is 13.1. The van der Waals surface area contributed by atoms with Crippen LogP contribution in [-0.2, 0) is 0 Å². The maximum absolute atomic E-state index is 5.92. The van der Waals surface area contributed by atoms with Crippen LogP contribution in [-0.4, -0.2) is 11.2 Å². The van der Waals surface area contributed by atoms with E-state index in [1.165, 1.54) is 12.3 Å². The Morgan fingerprint density at radius 2 is 2.06 bits per heavy atom. The third-order valence-corrected chi connectivity index (χ3v) is 2.97. The van der Waals surface area contributed by atoms with Crippen molar-refractivity contribution in [1.82, 2.24) is 4.98 Å². The van der Waals surface area contributed by atoms with Crippen molar-refractivity contribution in [2.24, 2.45) is 5.10 Å². The monoisotopic (exact) mass is 303 g/mol. The van der Waals surface area contributed by atoms with E-state index in [4.69, 9.17) is 39.2 Å². The van der Waals surface area contributed by atoms with Gasteiger partial charge in [-0.05, 0) is 25.1 Å². The molecule has 0 spiro atoms. The van der Waals surface area contributed by atoms with Crippen molar-refractivity contribution in [2.45, 2.75) is 6.92 Å². The molecule has 2 rings (SSSR count). The van der Waals surface area contributed by atoms with Crippen LogP contribution in [0.4, 0.5) is 5.82 Å². The lowest BCUT2D eigenvalue weighted by Crippen LogP contribution is -1.94. The summed E-state index contributed by atoms with van der Waals surface area (Å²) < 4.78 is 5.30. The van der Waals surface area contributed by atoms with E-state index in [0.717, 1.165) is 5.76 Å². The average Bonchev–Trinajstić information content (AvgIpc) is 2.71. The highest BCUT2D eigenvalue weighted by Crippen LogP contribution is 2.28. The lowest BCUT2D eigenvalue weighted by molar-refractivity contribution is 0.528. The van der Waals surface area contributed by atoms with Gasteiger partial charge in [-0.2, -0.15) is 5.10 Å². The SMILES string of the molecule is Cc1ccc(/C=N\Nc2nc(Cl)c(Cl)cc2Cl)o1. The number of nitrogens with one attached hydrogen (secondary N) is 1. The van der Waals surface area contributed by atoms with E-state index < -0.39 is 0 Å². The largest absolute Gasteiger partial charge is 0.460 e. The smallest absolute Gasteiger partial charge is 0.166 e. The van der Waals surface area contributed by atoms with Crippen LogP contribution in [0, 0.1) is 6.92 Å².